The second kappa shape index (κ2) is 6.96. The standard InChI is InChI=1S/C17H20O3/c1-13(18)12-14(2)19-16-8-10-17(11-9-16)20-15-6-4-3-5-7-15/h3-11,13-14,18H,12H2,1-2H3. The lowest BCUT2D eigenvalue weighted by Crippen LogP contribution is -2.18. The predicted molar refractivity (Wildman–Crippen MR) is 79.3 cm³/mol. The molecule has 0 radical (unpaired) electrons. The summed E-state index contributed by atoms with van der Waals surface area (Å²) in [5.41, 5.74) is 0. The van der Waals surface area contributed by atoms with Gasteiger partial charge in [-0.1, -0.05) is 18.2 Å². The number of ether oxygens (including phenoxy) is 2. The van der Waals surface area contributed by atoms with E-state index in [1.54, 1.807) is 6.92 Å². The molecule has 2 aromatic rings. The van der Waals surface area contributed by atoms with E-state index in [1.165, 1.54) is 0 Å². The number of aliphatic hydroxyl groups is 1. The van der Waals surface area contributed by atoms with E-state index in [0.29, 0.717) is 6.42 Å². The zero-order chi connectivity index (χ0) is 14.4. The second-order valence-corrected chi connectivity index (χ2v) is 4.90. The summed E-state index contributed by atoms with van der Waals surface area (Å²) < 4.78 is 11.4. The molecule has 0 saturated heterocycles. The fraction of sp³-hybridized carbons (Fsp3) is 0.294. The monoisotopic (exact) mass is 272 g/mol. The van der Waals surface area contributed by atoms with E-state index in [2.05, 4.69) is 0 Å². The van der Waals surface area contributed by atoms with Crippen molar-refractivity contribution in [1.29, 1.82) is 0 Å². The molecule has 0 amide bonds. The van der Waals surface area contributed by atoms with Gasteiger partial charge in [-0.3, -0.25) is 0 Å². The van der Waals surface area contributed by atoms with Crippen molar-refractivity contribution in [2.24, 2.45) is 0 Å². The maximum absolute atomic E-state index is 9.31. The minimum atomic E-state index is -0.356. The number of benzene rings is 2. The highest BCUT2D eigenvalue weighted by atomic mass is 16.5. The third-order valence-corrected chi connectivity index (χ3v) is 2.81. The van der Waals surface area contributed by atoms with E-state index in [9.17, 15) is 5.11 Å². The summed E-state index contributed by atoms with van der Waals surface area (Å²) in [5.74, 6) is 2.36. The van der Waals surface area contributed by atoms with Crippen LogP contribution in [0.1, 0.15) is 20.3 Å². The Morgan fingerprint density at radius 2 is 1.40 bits per heavy atom. The summed E-state index contributed by atoms with van der Waals surface area (Å²) in [6.45, 7) is 3.71. The normalized spacial score (nSPS) is 13.6. The number of para-hydroxylation sites is 1. The van der Waals surface area contributed by atoms with Crippen LogP contribution >= 0.6 is 0 Å². The van der Waals surface area contributed by atoms with Gasteiger partial charge in [-0.25, -0.2) is 0 Å². The molecule has 2 aromatic carbocycles. The van der Waals surface area contributed by atoms with Crippen molar-refractivity contribution in [1.82, 2.24) is 0 Å². The lowest BCUT2D eigenvalue weighted by atomic mass is 10.2. The lowest BCUT2D eigenvalue weighted by molar-refractivity contribution is 0.115. The largest absolute Gasteiger partial charge is 0.491 e. The van der Waals surface area contributed by atoms with Gasteiger partial charge in [-0.2, -0.15) is 0 Å². The Hall–Kier alpha value is -2.00. The maximum Gasteiger partial charge on any atom is 0.127 e. The molecule has 106 valence electrons. The molecule has 3 heteroatoms. The molecule has 0 aliphatic carbocycles. The van der Waals surface area contributed by atoms with Gasteiger partial charge in [-0.15, -0.1) is 0 Å². The number of aliphatic hydroxyl groups excluding tert-OH is 1. The third kappa shape index (κ3) is 4.59. The first-order valence-corrected chi connectivity index (χ1v) is 6.81. The van der Waals surface area contributed by atoms with Crippen LogP contribution < -0.4 is 9.47 Å². The van der Waals surface area contributed by atoms with Crippen LogP contribution in [0.3, 0.4) is 0 Å². The molecule has 0 aliphatic rings. The van der Waals surface area contributed by atoms with E-state index >= 15 is 0 Å². The quantitative estimate of drug-likeness (QED) is 0.863. The van der Waals surface area contributed by atoms with Crippen molar-refractivity contribution in [3.8, 4) is 17.2 Å². The first-order chi connectivity index (χ1) is 9.63. The summed E-state index contributed by atoms with van der Waals surface area (Å²) in [6.07, 6.45) is 0.240. The van der Waals surface area contributed by atoms with Crippen LogP contribution in [0.2, 0.25) is 0 Å². The second-order valence-electron chi connectivity index (χ2n) is 4.90. The number of hydrogen-bond acceptors (Lipinski definition) is 3. The predicted octanol–water partition coefficient (Wildman–Crippen LogP) is 4.02. The molecule has 0 saturated carbocycles. The molecule has 0 heterocycles. The van der Waals surface area contributed by atoms with Crippen LogP contribution in [0.15, 0.2) is 54.6 Å². The molecule has 20 heavy (non-hydrogen) atoms. The third-order valence-electron chi connectivity index (χ3n) is 2.81. The highest BCUT2D eigenvalue weighted by Gasteiger charge is 2.07. The molecular weight excluding hydrogens is 252 g/mol. The SMILES string of the molecule is CC(O)CC(C)Oc1ccc(Oc2ccccc2)cc1. The molecule has 0 spiro atoms. The Labute approximate surface area is 119 Å². The molecule has 3 nitrogen and oxygen atoms in total. The van der Waals surface area contributed by atoms with Gasteiger partial charge in [0, 0.05) is 6.42 Å². The van der Waals surface area contributed by atoms with Crippen molar-refractivity contribution in [2.75, 3.05) is 0 Å². The summed E-state index contributed by atoms with van der Waals surface area (Å²) in [4.78, 5) is 0. The van der Waals surface area contributed by atoms with Gasteiger partial charge in [-0.05, 0) is 50.2 Å². The molecule has 0 bridgehead atoms. The highest BCUT2D eigenvalue weighted by Crippen LogP contribution is 2.24. The molecule has 0 fully saturated rings. The molecular formula is C17H20O3. The Bertz CT molecular complexity index is 506. The average molecular weight is 272 g/mol. The van der Waals surface area contributed by atoms with Crippen LogP contribution in [0.5, 0.6) is 17.2 Å². The zero-order valence-corrected chi connectivity index (χ0v) is 11.8. The van der Waals surface area contributed by atoms with E-state index in [0.717, 1.165) is 17.2 Å². The van der Waals surface area contributed by atoms with E-state index in [4.69, 9.17) is 9.47 Å². The summed E-state index contributed by atoms with van der Waals surface area (Å²) in [7, 11) is 0. The maximum atomic E-state index is 9.31. The Balaban J connectivity index is 1.93. The molecule has 2 atom stereocenters. The molecule has 2 unspecified atom stereocenters. The van der Waals surface area contributed by atoms with Crippen molar-refractivity contribution in [3.63, 3.8) is 0 Å². The van der Waals surface area contributed by atoms with Crippen molar-refractivity contribution in [2.45, 2.75) is 32.5 Å². The van der Waals surface area contributed by atoms with Gasteiger partial charge < -0.3 is 14.6 Å². The summed E-state index contributed by atoms with van der Waals surface area (Å²) in [5, 5.41) is 9.31. The van der Waals surface area contributed by atoms with Gasteiger partial charge in [0.25, 0.3) is 0 Å². The van der Waals surface area contributed by atoms with Gasteiger partial charge >= 0.3 is 0 Å². The fourth-order valence-corrected chi connectivity index (χ4v) is 1.97. The van der Waals surface area contributed by atoms with E-state index in [-0.39, 0.29) is 12.2 Å². The summed E-state index contributed by atoms with van der Waals surface area (Å²) in [6, 6.07) is 17.1. The number of hydrogen-bond donors (Lipinski definition) is 1. The first kappa shape index (κ1) is 14.4. The zero-order valence-electron chi connectivity index (χ0n) is 11.8. The van der Waals surface area contributed by atoms with Crippen LogP contribution in [-0.4, -0.2) is 17.3 Å². The van der Waals surface area contributed by atoms with Gasteiger partial charge in [0.15, 0.2) is 0 Å². The van der Waals surface area contributed by atoms with Crippen LogP contribution in [0, 0.1) is 0 Å². The van der Waals surface area contributed by atoms with Crippen molar-refractivity contribution in [3.05, 3.63) is 54.6 Å². The average Bonchev–Trinajstić information content (AvgIpc) is 2.41. The van der Waals surface area contributed by atoms with Gasteiger partial charge in [0.2, 0.25) is 0 Å². The van der Waals surface area contributed by atoms with Crippen LogP contribution in [-0.2, 0) is 0 Å². The minimum Gasteiger partial charge on any atom is -0.491 e. The van der Waals surface area contributed by atoms with Crippen LogP contribution in [0.4, 0.5) is 0 Å². The smallest absolute Gasteiger partial charge is 0.127 e. The Kier molecular flexibility index (Phi) is 5.02. The number of rotatable bonds is 6. The van der Waals surface area contributed by atoms with E-state index < -0.39 is 0 Å². The lowest BCUT2D eigenvalue weighted by Gasteiger charge is -2.16. The molecule has 1 N–H and O–H groups in total. The first-order valence-electron chi connectivity index (χ1n) is 6.81. The Morgan fingerprint density at radius 1 is 0.850 bits per heavy atom. The van der Waals surface area contributed by atoms with E-state index in [1.807, 2.05) is 61.5 Å². The van der Waals surface area contributed by atoms with Crippen LogP contribution in [0.25, 0.3) is 0 Å². The highest BCUT2D eigenvalue weighted by molar-refractivity contribution is 5.35. The van der Waals surface area contributed by atoms with Crippen molar-refractivity contribution >= 4 is 0 Å². The minimum absolute atomic E-state index is 0.0177. The topological polar surface area (TPSA) is 38.7 Å². The molecule has 2 rings (SSSR count). The molecule has 0 aliphatic heterocycles. The van der Waals surface area contributed by atoms with Crippen molar-refractivity contribution < 1.29 is 14.6 Å². The Morgan fingerprint density at radius 3 is 2.00 bits per heavy atom. The van der Waals surface area contributed by atoms with Gasteiger partial charge in [0.1, 0.15) is 17.2 Å². The summed E-state index contributed by atoms with van der Waals surface area (Å²) >= 11 is 0. The fourth-order valence-electron chi connectivity index (χ4n) is 1.97. The van der Waals surface area contributed by atoms with Gasteiger partial charge in [0.05, 0.1) is 12.2 Å². The molecule has 0 aromatic heterocycles.